The first-order chi connectivity index (χ1) is 24.4. The van der Waals surface area contributed by atoms with Gasteiger partial charge < -0.3 is 25.8 Å². The van der Waals surface area contributed by atoms with Crippen LogP contribution in [-0.4, -0.2) is 66.5 Å². The van der Waals surface area contributed by atoms with Crippen molar-refractivity contribution in [1.82, 2.24) is 9.88 Å². The molecule has 4 aromatic rings. The molecule has 0 saturated heterocycles. The van der Waals surface area contributed by atoms with E-state index < -0.39 is 45.2 Å². The molecule has 2 amide bonds. The molecule has 1 saturated carbocycles. The number of carboxylic acid groups (broad SMARTS) is 1. The third kappa shape index (κ3) is 8.36. The monoisotopic (exact) mass is 745 g/mol. The smallest absolute Gasteiger partial charge is 0.475 e. The molecule has 2 aliphatic heterocycles. The van der Waals surface area contributed by atoms with Crippen molar-refractivity contribution in [2.45, 2.75) is 61.5 Å². The number of carbonyl (C=O) groups is 3. The number of benzene rings is 3. The van der Waals surface area contributed by atoms with Crippen molar-refractivity contribution in [2.75, 3.05) is 30.0 Å². The van der Waals surface area contributed by atoms with Crippen LogP contribution >= 0.6 is 0 Å². The van der Waals surface area contributed by atoms with Crippen LogP contribution in [0.1, 0.15) is 54.0 Å². The zero-order chi connectivity index (χ0) is 38.1. The van der Waals surface area contributed by atoms with Gasteiger partial charge in [0.05, 0.1) is 22.1 Å². The summed E-state index contributed by atoms with van der Waals surface area (Å²) in [6.45, 7) is 3.88. The first-order valence-electron chi connectivity index (χ1n) is 15.9. The lowest BCUT2D eigenvalue weighted by molar-refractivity contribution is -0.192. The van der Waals surface area contributed by atoms with Crippen LogP contribution in [0.15, 0.2) is 65.7 Å². The molecule has 0 spiro atoms. The third-order valence-electron chi connectivity index (χ3n) is 8.63. The minimum Gasteiger partial charge on any atom is -0.475 e. The quantitative estimate of drug-likeness (QED) is 0.173. The molecular weight excluding hydrogens is 710 g/mol. The van der Waals surface area contributed by atoms with Crippen LogP contribution < -0.4 is 16.4 Å². The maximum Gasteiger partial charge on any atom is 0.490 e. The molecule has 12 nitrogen and oxygen atoms in total. The van der Waals surface area contributed by atoms with E-state index in [0.717, 1.165) is 11.1 Å². The first kappa shape index (κ1) is 37.8. The third-order valence-corrected chi connectivity index (χ3v) is 11.0. The molecule has 7 rings (SSSR count). The van der Waals surface area contributed by atoms with Crippen LogP contribution in [0.25, 0.3) is 10.8 Å². The highest BCUT2D eigenvalue weighted by molar-refractivity contribution is 7.92. The number of alkyl halides is 3. The van der Waals surface area contributed by atoms with Gasteiger partial charge in [0.25, 0.3) is 0 Å². The molecule has 0 radical (unpaired) electrons. The molecule has 5 N–H and O–H groups in total. The Morgan fingerprint density at radius 2 is 1.79 bits per heavy atom. The van der Waals surface area contributed by atoms with Crippen LogP contribution in [0.5, 0.6) is 0 Å². The van der Waals surface area contributed by atoms with Crippen LogP contribution in [-0.2, 0) is 30.7 Å². The van der Waals surface area contributed by atoms with Gasteiger partial charge in [-0.1, -0.05) is 25.1 Å². The molecule has 3 aromatic carbocycles. The Hall–Kier alpha value is -5.45. The van der Waals surface area contributed by atoms with E-state index in [9.17, 15) is 31.2 Å². The number of nitrogens with two attached hydrogens (primary N) is 1. The van der Waals surface area contributed by atoms with E-state index in [0.29, 0.717) is 40.7 Å². The van der Waals surface area contributed by atoms with Crippen molar-refractivity contribution in [1.29, 1.82) is 0 Å². The second-order valence-corrected chi connectivity index (χ2v) is 14.8. The molecular formula is C35H35F4N5O7S. The van der Waals surface area contributed by atoms with Crippen LogP contribution in [0.4, 0.5) is 39.5 Å². The number of fused-ring (bicyclic) bond motifs is 10. The number of amides is 2. The average Bonchev–Trinajstić information content (AvgIpc) is 3.92. The fourth-order valence-electron chi connectivity index (χ4n) is 5.88. The van der Waals surface area contributed by atoms with Gasteiger partial charge in [0.2, 0.25) is 5.91 Å². The molecule has 276 valence electrons. The number of rotatable bonds is 4. The lowest BCUT2D eigenvalue weighted by Gasteiger charge is -2.28. The molecule has 4 bridgehead atoms. The van der Waals surface area contributed by atoms with Crippen molar-refractivity contribution in [3.63, 3.8) is 0 Å². The fourth-order valence-corrected chi connectivity index (χ4v) is 7.74. The largest absolute Gasteiger partial charge is 0.490 e. The number of carbonyl (C=O) groups excluding carboxylic acids is 2. The summed E-state index contributed by atoms with van der Waals surface area (Å²) in [6.07, 6.45) is -3.11. The van der Waals surface area contributed by atoms with Gasteiger partial charge in [-0.15, -0.1) is 0 Å². The number of likely N-dealkylation sites (N-methyl/N-ethyl adjacent to an activating group) is 1. The standard InChI is InChI=1S/C33H34FN5O5S.C2HF3O2/c1-18-12-21-4-8-26(18)19(2)17-44-33(41)38-23-5-9-28(45(42,43)25-6-7-25)22(14-23)16-39(3)32(40)30(21)37-24-13-20-10-11-36-31(35)29(20)27(34)15-24;3-2(4,5)1(6)7/h4-5,8-15,19,25,30,37H,6-7,16-17H2,1-3H3,(H2,35,36)(H,38,41);(H,6,7)/t19-,30+;/m0./s1. The summed E-state index contributed by atoms with van der Waals surface area (Å²) < 4.78 is 79.2. The Balaban J connectivity index is 0.000000679. The molecule has 3 aliphatic rings. The molecule has 2 atom stereocenters. The number of hydrogen-bond donors (Lipinski definition) is 4. The van der Waals surface area contributed by atoms with Crippen molar-refractivity contribution in [2.24, 2.45) is 0 Å². The summed E-state index contributed by atoms with van der Waals surface area (Å²) in [5.41, 5.74) is 9.43. The van der Waals surface area contributed by atoms with E-state index in [2.05, 4.69) is 15.6 Å². The van der Waals surface area contributed by atoms with Gasteiger partial charge in [0.1, 0.15) is 17.7 Å². The SMILES string of the molecule is Cc1cc2ccc1[C@@H](C)COC(=O)Nc1ccc(S(=O)(=O)C3CC3)c(c1)CN(C)C(=O)[C@@H]2Nc1cc(F)c2c(N)nccc2c1.O=C(O)C(F)(F)F. The summed E-state index contributed by atoms with van der Waals surface area (Å²) in [4.78, 5) is 41.3. The van der Waals surface area contributed by atoms with Gasteiger partial charge in [-0.2, -0.15) is 13.2 Å². The number of ether oxygens (including phenoxy) is 1. The number of aryl methyl sites for hydroxylation is 1. The van der Waals surface area contributed by atoms with E-state index in [-0.39, 0.29) is 41.1 Å². The maximum absolute atomic E-state index is 15.2. The van der Waals surface area contributed by atoms with Crippen molar-refractivity contribution in [3.8, 4) is 0 Å². The molecule has 52 heavy (non-hydrogen) atoms. The first-order valence-corrected chi connectivity index (χ1v) is 17.5. The second-order valence-electron chi connectivity index (χ2n) is 12.6. The van der Waals surface area contributed by atoms with Crippen molar-refractivity contribution < 1.29 is 50.2 Å². The number of carboxylic acids is 1. The number of nitrogens with one attached hydrogen (secondary N) is 2. The predicted molar refractivity (Wildman–Crippen MR) is 184 cm³/mol. The summed E-state index contributed by atoms with van der Waals surface area (Å²) in [5.74, 6) is -3.80. The van der Waals surface area contributed by atoms with Crippen LogP contribution in [0.3, 0.4) is 0 Å². The number of nitrogen functional groups attached to an aromatic ring is 1. The number of aliphatic carboxylic acids is 1. The van der Waals surface area contributed by atoms with Gasteiger partial charge in [0, 0.05) is 37.1 Å². The zero-order valence-corrected chi connectivity index (χ0v) is 28.9. The maximum atomic E-state index is 15.2. The van der Waals surface area contributed by atoms with Gasteiger partial charge in [-0.05, 0) is 83.8 Å². The molecule has 1 fully saturated rings. The van der Waals surface area contributed by atoms with Crippen LogP contribution in [0.2, 0.25) is 0 Å². The lowest BCUT2D eigenvalue weighted by atomic mass is 9.93. The Morgan fingerprint density at radius 3 is 2.42 bits per heavy atom. The summed E-state index contributed by atoms with van der Waals surface area (Å²) >= 11 is 0. The summed E-state index contributed by atoms with van der Waals surface area (Å²) in [5, 5.41) is 13.3. The molecule has 0 unspecified atom stereocenters. The highest BCUT2D eigenvalue weighted by Crippen LogP contribution is 2.37. The topological polar surface area (TPSA) is 181 Å². The van der Waals surface area contributed by atoms with Crippen molar-refractivity contribution in [3.05, 3.63) is 88.9 Å². The zero-order valence-electron chi connectivity index (χ0n) is 28.1. The molecule has 17 heteroatoms. The number of anilines is 3. The Bertz CT molecular complexity index is 2160. The highest BCUT2D eigenvalue weighted by Gasteiger charge is 2.39. The van der Waals surface area contributed by atoms with Gasteiger partial charge in [0.15, 0.2) is 9.84 Å². The van der Waals surface area contributed by atoms with Gasteiger partial charge >= 0.3 is 18.2 Å². The number of sulfone groups is 1. The molecule has 3 heterocycles. The average molecular weight is 746 g/mol. The summed E-state index contributed by atoms with van der Waals surface area (Å²) in [6, 6.07) is 13.8. The van der Waals surface area contributed by atoms with Gasteiger partial charge in [-0.3, -0.25) is 10.1 Å². The van der Waals surface area contributed by atoms with E-state index in [1.807, 2.05) is 32.0 Å². The molecule has 1 aromatic heterocycles. The fraction of sp³-hybridized carbons (Fsp3) is 0.314. The number of nitrogens with zero attached hydrogens (tertiary/aromatic N) is 2. The van der Waals surface area contributed by atoms with E-state index in [1.54, 1.807) is 25.2 Å². The number of aromatic nitrogens is 1. The van der Waals surface area contributed by atoms with E-state index >= 15 is 4.39 Å². The number of hydrogen-bond acceptors (Lipinski definition) is 9. The minimum atomic E-state index is -5.08. The number of pyridine rings is 1. The Kier molecular flexibility index (Phi) is 10.6. The second kappa shape index (κ2) is 14.7. The highest BCUT2D eigenvalue weighted by atomic mass is 32.2. The van der Waals surface area contributed by atoms with Gasteiger partial charge in [-0.25, -0.2) is 27.4 Å². The number of halogens is 4. The minimum absolute atomic E-state index is 0.0642. The lowest BCUT2D eigenvalue weighted by Crippen LogP contribution is -2.35. The Labute approximate surface area is 295 Å². The normalized spacial score (nSPS) is 18.2. The van der Waals surface area contributed by atoms with Crippen LogP contribution in [0, 0.1) is 12.7 Å². The van der Waals surface area contributed by atoms with E-state index in [1.165, 1.54) is 29.3 Å². The van der Waals surface area contributed by atoms with Crippen molar-refractivity contribution >= 4 is 55.8 Å². The predicted octanol–water partition coefficient (Wildman–Crippen LogP) is 6.31. The summed E-state index contributed by atoms with van der Waals surface area (Å²) in [7, 11) is -2.05. The Morgan fingerprint density at radius 1 is 1.10 bits per heavy atom. The molecule has 1 aliphatic carbocycles. The van der Waals surface area contributed by atoms with E-state index in [4.69, 9.17) is 20.4 Å².